The molecule has 0 aromatic heterocycles. The number of esters is 5. The van der Waals surface area contributed by atoms with Gasteiger partial charge in [-0.2, -0.15) is 0 Å². The Morgan fingerprint density at radius 3 is 0.664 bits per heavy atom. The van der Waals surface area contributed by atoms with Crippen molar-refractivity contribution in [1.29, 1.82) is 0 Å². The highest BCUT2D eigenvalue weighted by Gasteiger charge is 2.30. The van der Waals surface area contributed by atoms with Gasteiger partial charge in [0.1, 0.15) is 116 Å². The molecule has 0 heterocycles. The number of nitrogens with one attached hydrogen (secondary N) is 4. The molecule has 8 aromatic carbocycles. The van der Waals surface area contributed by atoms with Crippen molar-refractivity contribution in [2.75, 3.05) is 58.6 Å². The van der Waals surface area contributed by atoms with Gasteiger partial charge in [-0.25, -0.2) is 92.7 Å². The molecule has 4 amide bonds. The molecule has 2 unspecified atom stereocenters. The maximum Gasteiger partial charge on any atom is 0.372 e. The van der Waals surface area contributed by atoms with Crippen molar-refractivity contribution < 1.29 is 170 Å². The number of carbonyl (C=O) groups is 16. The van der Waals surface area contributed by atoms with Crippen molar-refractivity contribution in [2.24, 2.45) is 0 Å². The third kappa shape index (κ3) is 32.1. The SMILES string of the molecule is COC(=O)C(CSC(=O)Oc1ccc(-c2ccc(F)cc2F)cc1C(=O)O)NC(C)=O.COC(=O)[C@@H](CSC(=O)Oc1ccc(-c2ccc(F)cc2F)cc1C(=O)O)NC(C)=O.COC(=O)[C@H](CSC(=O)Oc1ccc(-c2ccc(F)cc2F)cc1C(=O)O)NC(C)=O.COC(=O)c1cc(-c2ccc(F)cc2F)ccc1OC(=O)SCC(NC(C)=O)C(=O)OC. The number of carboxylic acid groups (broad SMARTS) is 3. The Morgan fingerprint density at radius 2 is 0.488 bits per heavy atom. The average molecular weight is 1830 g/mol. The minimum absolute atomic E-state index is 0.0278. The lowest BCUT2D eigenvalue weighted by molar-refractivity contribution is -0.144. The van der Waals surface area contributed by atoms with Crippen LogP contribution in [0.2, 0.25) is 0 Å². The molecule has 4 atom stereocenters. The topological polar surface area (TPSA) is 465 Å². The Hall–Kier alpha value is -13.9. The lowest BCUT2D eigenvalue weighted by atomic mass is 10.0. The van der Waals surface area contributed by atoms with Crippen LogP contribution in [-0.2, 0) is 62.0 Å². The molecule has 0 radical (unpaired) electrons. The quantitative estimate of drug-likeness (QED) is 0.0136. The smallest absolute Gasteiger partial charge is 0.372 e. The first-order chi connectivity index (χ1) is 59.0. The summed E-state index contributed by atoms with van der Waals surface area (Å²) in [5.41, 5.74) is -0.894. The standard InChI is InChI=1S/C21H19F2NO7S.3C20H17F2NO7S/c1-11(25)24-17(20(27)30-3)10-32-21(28)31-18-7-4-12(8-15(18)19(26)29-2)14-6-5-13(22)9-16(14)23;3*1-10(24)23-16(19(27)29-2)9-31-20(28)30-17-6-3-11(7-14(17)18(25)26)13-5-4-12(21)8-15(13)22/h4-9,17H,10H2,1-3H3,(H,24,25);3*3-8,16H,9H2,1-2H3,(H,23,24)(H,25,26)/t;2*16-;/m.10./s1. The second-order valence-corrected chi connectivity index (χ2v) is 28.3. The summed E-state index contributed by atoms with van der Waals surface area (Å²) in [5.74, 6) is -18.8. The van der Waals surface area contributed by atoms with E-state index in [1.807, 2.05) is 0 Å². The number of hydrogen-bond acceptors (Lipinski definition) is 29. The Kier molecular flexibility index (Phi) is 40.1. The molecule has 8 aromatic rings. The highest BCUT2D eigenvalue weighted by atomic mass is 32.2. The van der Waals surface area contributed by atoms with Gasteiger partial charge in [-0.3, -0.25) is 19.2 Å². The van der Waals surface area contributed by atoms with E-state index in [0.717, 1.165) is 114 Å². The van der Waals surface area contributed by atoms with Gasteiger partial charge in [-0.15, -0.1) is 0 Å². The van der Waals surface area contributed by atoms with Gasteiger partial charge in [0.2, 0.25) is 23.6 Å². The van der Waals surface area contributed by atoms with Gasteiger partial charge in [0.05, 0.1) is 35.5 Å². The predicted octanol–water partition coefficient (Wildman–Crippen LogP) is 13.0. The van der Waals surface area contributed by atoms with Crippen LogP contribution in [-0.4, -0.2) is 191 Å². The van der Waals surface area contributed by atoms with Crippen LogP contribution < -0.4 is 40.2 Å². The summed E-state index contributed by atoms with van der Waals surface area (Å²) in [7, 11) is 5.59. The molecule has 0 fully saturated rings. The van der Waals surface area contributed by atoms with Crippen LogP contribution >= 0.6 is 47.0 Å². The second kappa shape index (κ2) is 49.3. The molecule has 0 saturated heterocycles. The summed E-state index contributed by atoms with van der Waals surface area (Å²) in [4.78, 5) is 187. The third-order valence-corrected chi connectivity index (χ3v) is 19.0. The van der Waals surface area contributed by atoms with E-state index in [4.69, 9.17) is 18.9 Å². The molecule has 32 nitrogen and oxygen atoms in total. The number of rotatable bonds is 28. The Labute approximate surface area is 719 Å². The van der Waals surface area contributed by atoms with E-state index in [1.54, 1.807) is 0 Å². The molecule has 0 aliphatic carbocycles. The van der Waals surface area contributed by atoms with Crippen molar-refractivity contribution in [2.45, 2.75) is 51.9 Å². The molecule has 0 spiro atoms. The number of aromatic carboxylic acids is 3. The first kappa shape index (κ1) is 102. The number of carbonyl (C=O) groups excluding carboxylic acids is 13. The van der Waals surface area contributed by atoms with E-state index in [0.29, 0.717) is 71.3 Å². The lowest BCUT2D eigenvalue weighted by Gasteiger charge is -2.15. The normalized spacial score (nSPS) is 11.3. The number of thioether (sulfide) groups is 4. The number of methoxy groups -OCH3 is 5. The zero-order valence-corrected chi connectivity index (χ0v) is 69.5. The zero-order valence-electron chi connectivity index (χ0n) is 66.2. The van der Waals surface area contributed by atoms with Gasteiger partial charge >= 0.3 is 69.0 Å². The van der Waals surface area contributed by atoms with Crippen LogP contribution in [0.5, 0.6) is 23.0 Å². The molecule has 0 saturated carbocycles. The van der Waals surface area contributed by atoms with Crippen molar-refractivity contribution in [1.82, 2.24) is 21.3 Å². The van der Waals surface area contributed by atoms with Crippen LogP contribution in [0.1, 0.15) is 69.1 Å². The number of halogens is 8. The summed E-state index contributed by atoms with van der Waals surface area (Å²) < 4.78 is 152. The summed E-state index contributed by atoms with van der Waals surface area (Å²) in [6, 6.07) is 21.6. The molecule has 7 N–H and O–H groups in total. The van der Waals surface area contributed by atoms with E-state index < -0.39 is 180 Å². The van der Waals surface area contributed by atoms with E-state index >= 15 is 0 Å². The molecule has 44 heteroatoms. The second-order valence-electron chi connectivity index (χ2n) is 24.5. The maximum atomic E-state index is 14.1. The van der Waals surface area contributed by atoms with Gasteiger partial charge in [-0.05, 0) is 166 Å². The molecule has 0 aliphatic heterocycles. The van der Waals surface area contributed by atoms with Gasteiger partial charge < -0.3 is 79.2 Å². The lowest BCUT2D eigenvalue weighted by Crippen LogP contribution is -2.42. The van der Waals surface area contributed by atoms with Crippen LogP contribution in [0.25, 0.3) is 44.5 Å². The summed E-state index contributed by atoms with van der Waals surface area (Å²) in [5, 5.41) is 33.9. The van der Waals surface area contributed by atoms with Crippen molar-refractivity contribution in [3.8, 4) is 67.5 Å². The predicted molar refractivity (Wildman–Crippen MR) is 432 cm³/mol. The number of hydrogen-bond donors (Lipinski definition) is 7. The fourth-order valence-corrected chi connectivity index (χ4v) is 12.8. The highest BCUT2D eigenvalue weighted by Crippen LogP contribution is 2.36. The molecule has 125 heavy (non-hydrogen) atoms. The van der Waals surface area contributed by atoms with Crippen LogP contribution in [0.15, 0.2) is 146 Å². The zero-order chi connectivity index (χ0) is 93.2. The Morgan fingerprint density at radius 1 is 0.288 bits per heavy atom. The van der Waals surface area contributed by atoms with E-state index in [-0.39, 0.29) is 96.1 Å². The van der Waals surface area contributed by atoms with Crippen molar-refractivity contribution in [3.63, 3.8) is 0 Å². The molecule has 662 valence electrons. The number of benzene rings is 8. The fraction of sp³-hybridized carbons (Fsp3) is 0.210. The number of amides is 4. The molecular weight excluding hydrogens is 1760 g/mol. The minimum atomic E-state index is -1.44. The maximum absolute atomic E-state index is 14.1. The van der Waals surface area contributed by atoms with Crippen LogP contribution in [0, 0.1) is 46.5 Å². The third-order valence-electron chi connectivity index (χ3n) is 15.7. The van der Waals surface area contributed by atoms with Gasteiger partial charge in [0.15, 0.2) is 0 Å². The Balaban J connectivity index is 0.000000296. The largest absolute Gasteiger partial charge is 0.478 e. The summed E-state index contributed by atoms with van der Waals surface area (Å²) >= 11 is 2.12. The first-order valence-corrected chi connectivity index (χ1v) is 38.9. The van der Waals surface area contributed by atoms with E-state index in [9.17, 15) is 127 Å². The average Bonchev–Trinajstić information content (AvgIpc) is 0.827. The summed E-state index contributed by atoms with van der Waals surface area (Å²) in [6.45, 7) is 4.75. The van der Waals surface area contributed by atoms with E-state index in [1.165, 1.54) is 70.2 Å². The minimum Gasteiger partial charge on any atom is -0.478 e. The van der Waals surface area contributed by atoms with Gasteiger partial charge in [0, 0.05) is 97.2 Å². The number of carboxylic acids is 3. The number of ether oxygens (including phenoxy) is 9. The molecule has 0 aliphatic rings. The fourth-order valence-electron chi connectivity index (χ4n) is 10.1. The van der Waals surface area contributed by atoms with Crippen molar-refractivity contribution in [3.05, 3.63) is 214 Å². The monoisotopic (exact) mass is 1830 g/mol. The summed E-state index contributed by atoms with van der Waals surface area (Å²) in [6.07, 6.45) is 0. The van der Waals surface area contributed by atoms with Crippen LogP contribution in [0.4, 0.5) is 54.3 Å². The van der Waals surface area contributed by atoms with E-state index in [2.05, 4.69) is 45.0 Å². The van der Waals surface area contributed by atoms with Crippen molar-refractivity contribution >= 4 is 140 Å². The molecular formula is C81H70F8N4O28S4. The van der Waals surface area contributed by atoms with Gasteiger partial charge in [-0.1, -0.05) is 24.3 Å². The Bertz CT molecular complexity index is 5050. The first-order valence-electron chi connectivity index (χ1n) is 35.0. The highest BCUT2D eigenvalue weighted by molar-refractivity contribution is 8.14. The molecule has 0 bridgehead atoms. The van der Waals surface area contributed by atoms with Crippen LogP contribution in [0.3, 0.4) is 0 Å². The van der Waals surface area contributed by atoms with Gasteiger partial charge in [0.25, 0.3) is 0 Å². The molecule has 8 rings (SSSR count).